The van der Waals surface area contributed by atoms with Crippen molar-refractivity contribution in [1.82, 2.24) is 15.5 Å². The number of primary amides is 1. The van der Waals surface area contributed by atoms with Crippen molar-refractivity contribution in [3.05, 3.63) is 0 Å². The predicted molar refractivity (Wildman–Crippen MR) is 148 cm³/mol. The minimum Gasteiger partial charge on any atom is -0.444 e. The molecule has 222 valence electrons. The van der Waals surface area contributed by atoms with Gasteiger partial charge in [-0.3, -0.25) is 19.2 Å². The Morgan fingerprint density at radius 1 is 0.974 bits per heavy atom. The number of nitrogens with two attached hydrogens (primary N) is 1. The summed E-state index contributed by atoms with van der Waals surface area (Å²) in [5.74, 6) is -1.93. The van der Waals surface area contributed by atoms with Crippen molar-refractivity contribution < 1.29 is 28.7 Å². The summed E-state index contributed by atoms with van der Waals surface area (Å²) in [7, 11) is 0. The highest BCUT2D eigenvalue weighted by molar-refractivity contribution is 6.37. The third kappa shape index (κ3) is 8.93. The predicted octanol–water partition coefficient (Wildman–Crippen LogP) is 3.16. The number of nitrogens with one attached hydrogen (secondary N) is 2. The first-order chi connectivity index (χ1) is 17.8. The third-order valence-corrected chi connectivity index (χ3v) is 8.16. The lowest BCUT2D eigenvalue weighted by atomic mass is 9.80. The summed E-state index contributed by atoms with van der Waals surface area (Å²) in [5, 5.41) is 5.50. The number of amides is 4. The highest BCUT2D eigenvalue weighted by Crippen LogP contribution is 2.35. The molecule has 0 aromatic rings. The van der Waals surface area contributed by atoms with E-state index < -0.39 is 52.8 Å². The van der Waals surface area contributed by atoms with Gasteiger partial charge in [-0.15, -0.1) is 0 Å². The molecule has 0 spiro atoms. The summed E-state index contributed by atoms with van der Waals surface area (Å²) in [5.41, 5.74) is 3.87. The van der Waals surface area contributed by atoms with E-state index in [0.29, 0.717) is 25.3 Å². The lowest BCUT2D eigenvalue weighted by molar-refractivity contribution is -0.143. The molecule has 39 heavy (non-hydrogen) atoms. The molecular weight excluding hydrogens is 500 g/mol. The molecule has 0 bridgehead atoms. The number of carbonyl (C=O) groups is 5. The zero-order valence-electron chi connectivity index (χ0n) is 25.3. The highest BCUT2D eigenvalue weighted by Gasteiger charge is 2.47. The molecule has 1 heterocycles. The Bertz CT molecular complexity index is 931. The Kier molecular flexibility index (Phi) is 10.6. The first-order valence-electron chi connectivity index (χ1n) is 14.3. The maximum absolute atomic E-state index is 14.0. The fraction of sp³-hybridized carbons (Fsp3) is 0.828. The van der Waals surface area contributed by atoms with Crippen LogP contribution < -0.4 is 16.4 Å². The lowest BCUT2D eigenvalue weighted by Crippen LogP contribution is -2.59. The van der Waals surface area contributed by atoms with E-state index in [0.717, 1.165) is 19.3 Å². The van der Waals surface area contributed by atoms with Gasteiger partial charge in [-0.25, -0.2) is 4.79 Å². The Labute approximate surface area is 233 Å². The molecule has 1 saturated carbocycles. The van der Waals surface area contributed by atoms with Crippen LogP contribution in [-0.2, 0) is 23.9 Å². The zero-order chi connectivity index (χ0) is 29.9. The molecule has 1 aliphatic carbocycles. The van der Waals surface area contributed by atoms with Gasteiger partial charge in [-0.1, -0.05) is 60.8 Å². The first-order valence-corrected chi connectivity index (χ1v) is 14.3. The van der Waals surface area contributed by atoms with E-state index in [1.165, 1.54) is 4.90 Å². The van der Waals surface area contributed by atoms with Crippen LogP contribution in [0.5, 0.6) is 0 Å². The second kappa shape index (κ2) is 12.7. The molecule has 3 unspecified atom stereocenters. The van der Waals surface area contributed by atoms with Crippen LogP contribution in [-0.4, -0.2) is 64.8 Å². The SMILES string of the molecule is CC(C)C(C)[C@H]1CC(C(=O)NC(CC2CCC2)C(=O)C(N)=O)N(C(=O)[C@@H](NC(=O)OC(C)(C)C)C(C)(C)C)C1. The van der Waals surface area contributed by atoms with E-state index in [9.17, 15) is 24.0 Å². The number of hydrogen-bond donors (Lipinski definition) is 3. The molecule has 4 N–H and O–H groups in total. The third-order valence-electron chi connectivity index (χ3n) is 8.16. The number of carbonyl (C=O) groups excluding carboxylic acids is 5. The van der Waals surface area contributed by atoms with E-state index in [-0.39, 0.29) is 23.7 Å². The molecule has 0 radical (unpaired) electrons. The number of rotatable bonds is 10. The summed E-state index contributed by atoms with van der Waals surface area (Å²) in [6.45, 7) is 17.4. The molecule has 1 aliphatic heterocycles. The van der Waals surface area contributed by atoms with E-state index in [2.05, 4.69) is 31.4 Å². The zero-order valence-corrected chi connectivity index (χ0v) is 25.3. The van der Waals surface area contributed by atoms with Gasteiger partial charge in [0.25, 0.3) is 5.91 Å². The van der Waals surface area contributed by atoms with Gasteiger partial charge in [0.05, 0.1) is 6.04 Å². The van der Waals surface area contributed by atoms with Crippen molar-refractivity contribution in [2.75, 3.05) is 6.54 Å². The average molecular weight is 551 g/mol. The number of likely N-dealkylation sites (tertiary alicyclic amines) is 1. The van der Waals surface area contributed by atoms with Gasteiger partial charge in [-0.2, -0.15) is 0 Å². The van der Waals surface area contributed by atoms with E-state index in [4.69, 9.17) is 10.5 Å². The van der Waals surface area contributed by atoms with Crippen molar-refractivity contribution in [1.29, 1.82) is 0 Å². The molecule has 1 saturated heterocycles. The van der Waals surface area contributed by atoms with Crippen LogP contribution in [0.25, 0.3) is 0 Å². The van der Waals surface area contributed by atoms with Crippen molar-refractivity contribution in [3.63, 3.8) is 0 Å². The van der Waals surface area contributed by atoms with E-state index in [1.807, 2.05) is 20.8 Å². The largest absolute Gasteiger partial charge is 0.444 e. The number of hydrogen-bond acceptors (Lipinski definition) is 6. The minimum absolute atomic E-state index is 0.0452. The molecule has 5 atom stereocenters. The molecule has 2 fully saturated rings. The van der Waals surface area contributed by atoms with Crippen molar-refractivity contribution >= 4 is 29.6 Å². The normalized spacial score (nSPS) is 22.5. The van der Waals surface area contributed by atoms with Crippen LogP contribution in [0.15, 0.2) is 0 Å². The van der Waals surface area contributed by atoms with Crippen molar-refractivity contribution in [2.45, 2.75) is 118 Å². The van der Waals surface area contributed by atoms with Crippen LogP contribution in [0.2, 0.25) is 0 Å². The second-order valence-electron chi connectivity index (χ2n) is 13.9. The van der Waals surface area contributed by atoms with Crippen LogP contribution in [0.1, 0.15) is 94.4 Å². The number of nitrogens with zero attached hydrogens (tertiary/aromatic N) is 1. The van der Waals surface area contributed by atoms with Gasteiger partial charge >= 0.3 is 6.09 Å². The number of Topliss-reactive ketones (excluding diaryl/α,β-unsaturated/α-hetero) is 1. The summed E-state index contributed by atoms with van der Waals surface area (Å²) in [6.07, 6.45) is 2.98. The summed E-state index contributed by atoms with van der Waals surface area (Å²) >= 11 is 0. The molecule has 4 amide bonds. The molecule has 0 aromatic carbocycles. The number of ketones is 1. The van der Waals surface area contributed by atoms with Gasteiger partial charge in [0, 0.05) is 6.54 Å². The molecule has 2 aliphatic rings. The number of ether oxygens (including phenoxy) is 1. The van der Waals surface area contributed by atoms with E-state index in [1.54, 1.807) is 20.8 Å². The van der Waals surface area contributed by atoms with Gasteiger partial charge in [0.15, 0.2) is 0 Å². The van der Waals surface area contributed by atoms with E-state index >= 15 is 0 Å². The maximum Gasteiger partial charge on any atom is 0.408 e. The second-order valence-corrected chi connectivity index (χ2v) is 13.9. The summed E-state index contributed by atoms with van der Waals surface area (Å²) < 4.78 is 5.41. The Morgan fingerprint density at radius 3 is 2.00 bits per heavy atom. The van der Waals surface area contributed by atoms with Crippen molar-refractivity contribution in [2.24, 2.45) is 34.8 Å². The Hall–Kier alpha value is -2.65. The standard InChI is InChI=1S/C29H50N4O6/c1-16(2)17(3)19-14-21(25(36)31-20(22(34)24(30)35)13-18-11-10-12-18)33(15-19)26(37)23(28(4,5)6)32-27(38)39-29(7,8)9/h16-21,23H,10-15H2,1-9H3,(H2,30,35)(H,31,36)(H,32,38)/t17?,19-,20?,21?,23+/m0/s1. The fourth-order valence-corrected chi connectivity index (χ4v) is 5.26. The van der Waals surface area contributed by atoms with Crippen molar-refractivity contribution in [3.8, 4) is 0 Å². The molecule has 2 rings (SSSR count). The Morgan fingerprint density at radius 2 is 1.56 bits per heavy atom. The fourth-order valence-electron chi connectivity index (χ4n) is 5.26. The quantitative estimate of drug-likeness (QED) is 0.356. The maximum atomic E-state index is 14.0. The van der Waals surface area contributed by atoms with Gasteiger partial charge in [0.1, 0.15) is 17.7 Å². The monoisotopic (exact) mass is 550 g/mol. The minimum atomic E-state index is -1.08. The summed E-state index contributed by atoms with van der Waals surface area (Å²) in [4.78, 5) is 66.2. The first kappa shape index (κ1) is 32.6. The molecular formula is C29H50N4O6. The van der Waals surface area contributed by atoms with Gasteiger partial charge in [0.2, 0.25) is 17.6 Å². The smallest absolute Gasteiger partial charge is 0.408 e. The van der Waals surface area contributed by atoms with Gasteiger partial charge < -0.3 is 26.0 Å². The number of alkyl carbamates (subject to hydrolysis) is 1. The topological polar surface area (TPSA) is 148 Å². The highest BCUT2D eigenvalue weighted by atomic mass is 16.6. The lowest BCUT2D eigenvalue weighted by Gasteiger charge is -2.36. The van der Waals surface area contributed by atoms with Gasteiger partial charge in [-0.05, 0) is 62.7 Å². The van der Waals surface area contributed by atoms with Crippen LogP contribution in [0.4, 0.5) is 4.79 Å². The van der Waals surface area contributed by atoms with Crippen LogP contribution >= 0.6 is 0 Å². The molecule has 10 nitrogen and oxygen atoms in total. The summed E-state index contributed by atoms with van der Waals surface area (Å²) in [6, 6.07) is -2.82. The molecule has 10 heteroatoms. The average Bonchev–Trinajstić information content (AvgIpc) is 3.20. The van der Waals surface area contributed by atoms with Crippen LogP contribution in [0, 0.1) is 29.1 Å². The molecule has 0 aromatic heterocycles. The Balaban J connectivity index is 2.35. The van der Waals surface area contributed by atoms with Crippen LogP contribution in [0.3, 0.4) is 0 Å².